The summed E-state index contributed by atoms with van der Waals surface area (Å²) in [6.07, 6.45) is 0. The molecule has 0 saturated carbocycles. The molecule has 0 unspecified atom stereocenters. The van der Waals surface area contributed by atoms with Gasteiger partial charge in [0.2, 0.25) is 0 Å². The average Bonchev–Trinajstić information content (AvgIpc) is 2.44. The second-order valence-electron chi connectivity index (χ2n) is 4.17. The number of hydrogen-bond donors (Lipinski definition) is 1. The van der Waals surface area contributed by atoms with E-state index in [0.717, 1.165) is 10.0 Å². The zero-order valence-corrected chi connectivity index (χ0v) is 12.5. The summed E-state index contributed by atoms with van der Waals surface area (Å²) in [7, 11) is 1.49. The molecule has 0 aromatic heterocycles. The minimum atomic E-state index is -0.443. The second-order valence-corrected chi connectivity index (χ2v) is 5.08. The number of nitrogens with two attached hydrogens (primary N) is 1. The van der Waals surface area contributed by atoms with Gasteiger partial charge in [0.05, 0.1) is 7.11 Å². The molecule has 0 heterocycles. The van der Waals surface area contributed by atoms with Crippen molar-refractivity contribution in [3.8, 4) is 5.75 Å². The van der Waals surface area contributed by atoms with Gasteiger partial charge < -0.3 is 15.2 Å². The zero-order valence-electron chi connectivity index (χ0n) is 10.9. The molecule has 0 aliphatic carbocycles. The van der Waals surface area contributed by atoms with Crippen LogP contribution in [0.5, 0.6) is 5.75 Å². The third-order valence-electron chi connectivity index (χ3n) is 2.70. The van der Waals surface area contributed by atoms with E-state index in [1.807, 2.05) is 24.3 Å². The van der Waals surface area contributed by atoms with Gasteiger partial charge >= 0.3 is 5.97 Å². The van der Waals surface area contributed by atoms with E-state index < -0.39 is 5.97 Å². The maximum absolute atomic E-state index is 12.0. The molecule has 2 N–H and O–H groups in total. The normalized spacial score (nSPS) is 10.1. The summed E-state index contributed by atoms with van der Waals surface area (Å²) in [5, 5.41) is 0. The summed E-state index contributed by atoms with van der Waals surface area (Å²) in [5.41, 5.74) is 7.44. The Morgan fingerprint density at radius 1 is 1.25 bits per heavy atom. The van der Waals surface area contributed by atoms with E-state index in [1.54, 1.807) is 18.2 Å². The fourth-order valence-electron chi connectivity index (χ4n) is 1.73. The van der Waals surface area contributed by atoms with Crippen molar-refractivity contribution < 1.29 is 14.3 Å². The molecule has 0 bridgehead atoms. The Morgan fingerprint density at radius 2 is 2.05 bits per heavy atom. The number of nitrogen functional groups attached to an aromatic ring is 1. The number of halogens is 1. The third kappa shape index (κ3) is 3.51. The van der Waals surface area contributed by atoms with Crippen LogP contribution in [0.25, 0.3) is 0 Å². The van der Waals surface area contributed by atoms with Crippen molar-refractivity contribution in [2.75, 3.05) is 12.8 Å². The van der Waals surface area contributed by atoms with Crippen LogP contribution in [0.4, 0.5) is 5.69 Å². The van der Waals surface area contributed by atoms with Crippen molar-refractivity contribution in [2.45, 2.75) is 6.61 Å². The van der Waals surface area contributed by atoms with E-state index in [-0.39, 0.29) is 6.61 Å². The summed E-state index contributed by atoms with van der Waals surface area (Å²) in [6.45, 7) is 0.200. The first kappa shape index (κ1) is 14.4. The SMILES string of the molecule is COc1cc(N)ccc1C(=O)OCc1cccc(Br)c1. The van der Waals surface area contributed by atoms with Crippen LogP contribution in [0.3, 0.4) is 0 Å². The number of rotatable bonds is 4. The topological polar surface area (TPSA) is 61.5 Å². The average molecular weight is 336 g/mol. The van der Waals surface area contributed by atoms with Crippen LogP contribution in [-0.4, -0.2) is 13.1 Å². The molecule has 20 heavy (non-hydrogen) atoms. The van der Waals surface area contributed by atoms with Gasteiger partial charge in [-0.15, -0.1) is 0 Å². The summed E-state index contributed by atoms with van der Waals surface area (Å²) in [4.78, 5) is 12.0. The van der Waals surface area contributed by atoms with Gasteiger partial charge in [0, 0.05) is 16.2 Å². The van der Waals surface area contributed by atoms with Crippen LogP contribution in [0.2, 0.25) is 0 Å². The van der Waals surface area contributed by atoms with E-state index in [9.17, 15) is 4.79 Å². The largest absolute Gasteiger partial charge is 0.496 e. The van der Waals surface area contributed by atoms with Crippen LogP contribution in [0.1, 0.15) is 15.9 Å². The fraction of sp³-hybridized carbons (Fsp3) is 0.133. The first-order valence-corrected chi connectivity index (χ1v) is 6.74. The van der Waals surface area contributed by atoms with Crippen molar-refractivity contribution in [3.63, 3.8) is 0 Å². The Hall–Kier alpha value is -2.01. The molecule has 2 aromatic rings. The van der Waals surface area contributed by atoms with Crippen LogP contribution >= 0.6 is 15.9 Å². The number of carbonyl (C=O) groups is 1. The number of hydrogen-bond acceptors (Lipinski definition) is 4. The molecule has 0 aliphatic heterocycles. The molecule has 0 radical (unpaired) electrons. The Morgan fingerprint density at radius 3 is 2.75 bits per heavy atom. The summed E-state index contributed by atoms with van der Waals surface area (Å²) in [5.74, 6) is -0.0360. The van der Waals surface area contributed by atoms with Crippen LogP contribution in [-0.2, 0) is 11.3 Å². The smallest absolute Gasteiger partial charge is 0.342 e. The Balaban J connectivity index is 2.09. The summed E-state index contributed by atoms with van der Waals surface area (Å²) < 4.78 is 11.3. The maximum atomic E-state index is 12.0. The standard InChI is InChI=1S/C15H14BrNO3/c1-19-14-8-12(17)5-6-13(14)15(18)20-9-10-3-2-4-11(16)7-10/h2-8H,9,17H2,1H3. The van der Waals surface area contributed by atoms with Gasteiger partial charge in [-0.2, -0.15) is 0 Å². The molecule has 0 spiro atoms. The lowest BCUT2D eigenvalue weighted by atomic mass is 10.2. The number of ether oxygens (including phenoxy) is 2. The van der Waals surface area contributed by atoms with E-state index in [0.29, 0.717) is 17.0 Å². The monoisotopic (exact) mass is 335 g/mol. The highest BCUT2D eigenvalue weighted by Gasteiger charge is 2.14. The quantitative estimate of drug-likeness (QED) is 0.687. The van der Waals surface area contributed by atoms with Gasteiger partial charge in [0.15, 0.2) is 0 Å². The van der Waals surface area contributed by atoms with E-state index >= 15 is 0 Å². The van der Waals surface area contributed by atoms with Gasteiger partial charge in [-0.05, 0) is 29.8 Å². The summed E-state index contributed by atoms with van der Waals surface area (Å²) in [6, 6.07) is 12.4. The molecule has 5 heteroatoms. The lowest BCUT2D eigenvalue weighted by Gasteiger charge is -2.09. The number of anilines is 1. The first-order valence-electron chi connectivity index (χ1n) is 5.95. The maximum Gasteiger partial charge on any atom is 0.342 e. The first-order chi connectivity index (χ1) is 9.60. The van der Waals surface area contributed by atoms with Crippen molar-refractivity contribution in [3.05, 3.63) is 58.1 Å². The van der Waals surface area contributed by atoms with Gasteiger partial charge in [0.25, 0.3) is 0 Å². The molecule has 0 atom stereocenters. The number of esters is 1. The van der Waals surface area contributed by atoms with Crippen LogP contribution < -0.4 is 10.5 Å². The minimum absolute atomic E-state index is 0.200. The highest BCUT2D eigenvalue weighted by atomic mass is 79.9. The molecule has 2 rings (SSSR count). The molecular weight excluding hydrogens is 322 g/mol. The predicted molar refractivity (Wildman–Crippen MR) is 80.7 cm³/mol. The Labute approximate surface area is 125 Å². The van der Waals surface area contributed by atoms with E-state index in [4.69, 9.17) is 15.2 Å². The third-order valence-corrected chi connectivity index (χ3v) is 3.20. The van der Waals surface area contributed by atoms with Gasteiger partial charge in [0.1, 0.15) is 17.9 Å². The van der Waals surface area contributed by atoms with E-state index in [2.05, 4.69) is 15.9 Å². The number of carbonyl (C=O) groups excluding carboxylic acids is 1. The predicted octanol–water partition coefficient (Wildman–Crippen LogP) is 3.40. The molecule has 0 amide bonds. The van der Waals surface area contributed by atoms with Gasteiger partial charge in [-0.25, -0.2) is 4.79 Å². The van der Waals surface area contributed by atoms with Crippen molar-refractivity contribution in [1.29, 1.82) is 0 Å². The highest BCUT2D eigenvalue weighted by Crippen LogP contribution is 2.22. The lowest BCUT2D eigenvalue weighted by molar-refractivity contribution is 0.0469. The lowest BCUT2D eigenvalue weighted by Crippen LogP contribution is -2.07. The van der Waals surface area contributed by atoms with Gasteiger partial charge in [-0.1, -0.05) is 28.1 Å². The minimum Gasteiger partial charge on any atom is -0.496 e. The highest BCUT2D eigenvalue weighted by molar-refractivity contribution is 9.10. The molecule has 0 saturated heterocycles. The molecule has 2 aromatic carbocycles. The van der Waals surface area contributed by atoms with Crippen molar-refractivity contribution in [1.82, 2.24) is 0 Å². The Bertz CT molecular complexity index is 628. The molecule has 0 fully saturated rings. The second kappa shape index (κ2) is 6.43. The van der Waals surface area contributed by atoms with E-state index in [1.165, 1.54) is 7.11 Å². The van der Waals surface area contributed by atoms with Crippen molar-refractivity contribution >= 4 is 27.6 Å². The fourth-order valence-corrected chi connectivity index (χ4v) is 2.18. The molecule has 0 aliphatic rings. The zero-order chi connectivity index (χ0) is 14.5. The number of benzene rings is 2. The molecular formula is C15H14BrNO3. The van der Waals surface area contributed by atoms with Gasteiger partial charge in [-0.3, -0.25) is 0 Å². The number of methoxy groups -OCH3 is 1. The van der Waals surface area contributed by atoms with Crippen LogP contribution in [0, 0.1) is 0 Å². The Kier molecular flexibility index (Phi) is 4.63. The van der Waals surface area contributed by atoms with Crippen molar-refractivity contribution in [2.24, 2.45) is 0 Å². The molecule has 104 valence electrons. The molecule has 4 nitrogen and oxygen atoms in total. The summed E-state index contributed by atoms with van der Waals surface area (Å²) >= 11 is 3.37. The van der Waals surface area contributed by atoms with Crippen LogP contribution in [0.15, 0.2) is 46.9 Å².